The Morgan fingerprint density at radius 2 is 1.43 bits per heavy atom. The Labute approximate surface area is 172 Å². The van der Waals surface area contributed by atoms with Gasteiger partial charge in [0.15, 0.2) is 0 Å². The molecular formula is C16H32KNO3. The number of carbonyl (C=O) groups excluding carboxylic acids is 2. The van der Waals surface area contributed by atoms with Gasteiger partial charge in [-0.05, 0) is 20.4 Å². The molecule has 1 atom stereocenters. The predicted octanol–water partition coefficient (Wildman–Crippen LogP) is 2.94. The number of unbranched alkanes of at least 4 members (excludes halogenated alkanes) is 8. The maximum absolute atomic E-state index is 11.4. The summed E-state index contributed by atoms with van der Waals surface area (Å²) in [7, 11) is 1.66. The van der Waals surface area contributed by atoms with E-state index in [4.69, 9.17) is 4.74 Å². The van der Waals surface area contributed by atoms with Crippen LogP contribution in [-0.2, 0) is 14.3 Å². The standard InChI is InChI=1S/C16H31NO3.K.H/c1-4-5-6-7-8-9-10-11-12-13-15(18)20-16(19)14(2)17-3;;/h14,17H,4-13H2,1-3H3;;. The van der Waals surface area contributed by atoms with Crippen molar-refractivity contribution in [1.29, 1.82) is 0 Å². The third-order valence-electron chi connectivity index (χ3n) is 3.49. The molecule has 1 unspecified atom stereocenters. The van der Waals surface area contributed by atoms with E-state index in [2.05, 4.69) is 12.2 Å². The summed E-state index contributed by atoms with van der Waals surface area (Å²) in [5, 5.41) is 2.75. The van der Waals surface area contributed by atoms with Gasteiger partial charge < -0.3 is 10.1 Å². The summed E-state index contributed by atoms with van der Waals surface area (Å²) in [4.78, 5) is 22.7. The van der Waals surface area contributed by atoms with Crippen LogP contribution >= 0.6 is 0 Å². The van der Waals surface area contributed by atoms with Gasteiger partial charge in [-0.3, -0.25) is 4.79 Å². The molecule has 0 amide bonds. The minimum atomic E-state index is -0.492. The van der Waals surface area contributed by atoms with Crippen molar-refractivity contribution in [2.45, 2.75) is 84.1 Å². The van der Waals surface area contributed by atoms with Crippen LogP contribution in [0.15, 0.2) is 0 Å². The first kappa shape index (κ1) is 24.0. The van der Waals surface area contributed by atoms with Crippen molar-refractivity contribution in [1.82, 2.24) is 5.32 Å². The SMILES string of the molecule is CCCCCCCCCCCC(=O)OC(=O)C(C)NC.[KH]. The van der Waals surface area contributed by atoms with Crippen LogP contribution < -0.4 is 5.32 Å². The summed E-state index contributed by atoms with van der Waals surface area (Å²) >= 11 is 0. The second-order valence-corrected chi connectivity index (χ2v) is 5.38. The molecule has 0 saturated heterocycles. The Bertz CT molecular complexity index is 272. The van der Waals surface area contributed by atoms with Gasteiger partial charge in [-0.1, -0.05) is 58.3 Å². The van der Waals surface area contributed by atoms with E-state index in [0.29, 0.717) is 6.42 Å². The summed E-state index contributed by atoms with van der Waals surface area (Å²) in [5.41, 5.74) is 0. The molecule has 0 saturated carbocycles. The van der Waals surface area contributed by atoms with Crippen molar-refractivity contribution in [3.8, 4) is 0 Å². The summed E-state index contributed by atoms with van der Waals surface area (Å²) in [6.45, 7) is 3.90. The summed E-state index contributed by atoms with van der Waals surface area (Å²) < 4.78 is 4.73. The topological polar surface area (TPSA) is 55.4 Å². The molecule has 0 spiro atoms. The molecule has 0 rings (SSSR count). The quantitative estimate of drug-likeness (QED) is 0.259. The number of esters is 2. The van der Waals surface area contributed by atoms with Crippen molar-refractivity contribution < 1.29 is 14.3 Å². The second-order valence-electron chi connectivity index (χ2n) is 5.38. The summed E-state index contributed by atoms with van der Waals surface area (Å²) in [5.74, 6) is -0.895. The van der Waals surface area contributed by atoms with E-state index in [1.165, 1.54) is 44.9 Å². The Balaban J connectivity index is 0. The Hall–Kier alpha value is 0.736. The van der Waals surface area contributed by atoms with Crippen LogP contribution in [0, 0.1) is 0 Å². The molecule has 5 heteroatoms. The molecule has 0 aromatic heterocycles. The first-order chi connectivity index (χ1) is 9.61. The van der Waals surface area contributed by atoms with Crippen molar-refractivity contribution >= 4 is 63.3 Å². The van der Waals surface area contributed by atoms with E-state index in [1.807, 2.05) is 0 Å². The molecule has 21 heavy (non-hydrogen) atoms. The van der Waals surface area contributed by atoms with Crippen LogP contribution in [0.2, 0.25) is 0 Å². The van der Waals surface area contributed by atoms with Gasteiger partial charge in [0.05, 0.1) is 0 Å². The van der Waals surface area contributed by atoms with Gasteiger partial charge in [0, 0.05) is 6.42 Å². The number of rotatable bonds is 12. The molecule has 4 nitrogen and oxygen atoms in total. The van der Waals surface area contributed by atoms with Crippen molar-refractivity contribution in [2.75, 3.05) is 7.05 Å². The average molecular weight is 326 g/mol. The van der Waals surface area contributed by atoms with Gasteiger partial charge >= 0.3 is 63.3 Å². The van der Waals surface area contributed by atoms with E-state index >= 15 is 0 Å². The Morgan fingerprint density at radius 3 is 1.90 bits per heavy atom. The van der Waals surface area contributed by atoms with Crippen molar-refractivity contribution in [3.05, 3.63) is 0 Å². The van der Waals surface area contributed by atoms with Crippen LogP contribution in [0.25, 0.3) is 0 Å². The monoisotopic (exact) mass is 325 g/mol. The molecule has 120 valence electrons. The molecule has 0 aliphatic carbocycles. The van der Waals surface area contributed by atoms with Crippen molar-refractivity contribution in [2.24, 2.45) is 0 Å². The fourth-order valence-electron chi connectivity index (χ4n) is 1.95. The normalized spacial score (nSPS) is 11.6. The summed E-state index contributed by atoms with van der Waals surface area (Å²) in [6.07, 6.45) is 11.2. The molecule has 0 fully saturated rings. The predicted molar refractivity (Wildman–Crippen MR) is 88.6 cm³/mol. The molecule has 1 N–H and O–H groups in total. The van der Waals surface area contributed by atoms with Gasteiger partial charge in [-0.25, -0.2) is 4.79 Å². The number of ether oxygens (including phenoxy) is 1. The fraction of sp³-hybridized carbons (Fsp3) is 0.875. The average Bonchev–Trinajstić information content (AvgIpc) is 2.44. The fourth-order valence-corrected chi connectivity index (χ4v) is 1.95. The molecule has 0 aromatic carbocycles. The summed E-state index contributed by atoms with van der Waals surface area (Å²) in [6, 6.07) is -0.429. The minimum absolute atomic E-state index is 0. The van der Waals surface area contributed by atoms with Crippen molar-refractivity contribution in [3.63, 3.8) is 0 Å². The van der Waals surface area contributed by atoms with Gasteiger partial charge in [-0.2, -0.15) is 0 Å². The van der Waals surface area contributed by atoms with Crippen LogP contribution in [-0.4, -0.2) is 76.4 Å². The first-order valence-corrected chi connectivity index (χ1v) is 8.03. The third kappa shape index (κ3) is 15.4. The molecule has 0 aromatic rings. The third-order valence-corrected chi connectivity index (χ3v) is 3.49. The second kappa shape index (κ2) is 17.1. The van der Waals surface area contributed by atoms with Gasteiger partial charge in [-0.15, -0.1) is 0 Å². The van der Waals surface area contributed by atoms with E-state index in [9.17, 15) is 9.59 Å². The van der Waals surface area contributed by atoms with E-state index in [0.717, 1.165) is 12.8 Å². The number of hydrogen-bond donors (Lipinski definition) is 1. The zero-order valence-corrected chi connectivity index (χ0v) is 13.4. The molecule has 0 bridgehead atoms. The number of carbonyl (C=O) groups is 2. The zero-order valence-electron chi connectivity index (χ0n) is 13.4. The van der Waals surface area contributed by atoms with Crippen LogP contribution in [0.4, 0.5) is 0 Å². The van der Waals surface area contributed by atoms with Gasteiger partial charge in [0.2, 0.25) is 0 Å². The number of nitrogens with one attached hydrogen (secondary N) is 1. The zero-order chi connectivity index (χ0) is 15.2. The Kier molecular flexibility index (Phi) is 19.5. The van der Waals surface area contributed by atoms with Crippen LogP contribution in [0.1, 0.15) is 78.1 Å². The number of hydrogen-bond acceptors (Lipinski definition) is 4. The van der Waals surface area contributed by atoms with E-state index < -0.39 is 18.0 Å². The van der Waals surface area contributed by atoms with Gasteiger partial charge in [0.1, 0.15) is 6.04 Å². The molecule has 0 aliphatic rings. The number of likely N-dealkylation sites (N-methyl/N-ethyl adjacent to an activating group) is 1. The van der Waals surface area contributed by atoms with E-state index in [1.54, 1.807) is 14.0 Å². The van der Waals surface area contributed by atoms with Crippen LogP contribution in [0.3, 0.4) is 0 Å². The molecule has 0 heterocycles. The Morgan fingerprint density at radius 1 is 0.952 bits per heavy atom. The van der Waals surface area contributed by atoms with Gasteiger partial charge in [0.25, 0.3) is 0 Å². The van der Waals surface area contributed by atoms with Crippen LogP contribution in [0.5, 0.6) is 0 Å². The first-order valence-electron chi connectivity index (χ1n) is 8.03. The molecule has 0 aliphatic heterocycles. The molecular weight excluding hydrogens is 293 g/mol. The molecule has 0 radical (unpaired) electrons. The van der Waals surface area contributed by atoms with E-state index in [-0.39, 0.29) is 51.4 Å². The maximum atomic E-state index is 11.4.